The fourth-order valence-corrected chi connectivity index (χ4v) is 3.71. The molecule has 2 N–H and O–H groups in total. The largest absolute Gasteiger partial charge is 0.492 e. The summed E-state index contributed by atoms with van der Waals surface area (Å²) in [4.78, 5) is 14.7. The van der Waals surface area contributed by atoms with Crippen LogP contribution >= 0.6 is 11.6 Å². The Bertz CT molecular complexity index is 575. The standard InChI is InChI=1S/C18H26ClN3O2/c1-13(22-9-3-2-4-10-22)12-20-18(23)21-16-8-11-24-17-14(16)6-5-7-15(17)19/h5-7,13,16H,2-4,8-12H2,1H3,(H2,20,21,23)/t13-,16+/m1/s1. The molecular formula is C18H26ClN3O2. The molecule has 1 saturated heterocycles. The van der Waals surface area contributed by atoms with Crippen molar-refractivity contribution >= 4 is 17.6 Å². The van der Waals surface area contributed by atoms with Gasteiger partial charge in [0.1, 0.15) is 5.75 Å². The molecule has 132 valence electrons. The normalized spacial score (nSPS) is 22.2. The molecule has 2 heterocycles. The number of nitrogens with zero attached hydrogens (tertiary/aromatic N) is 1. The molecule has 2 aliphatic heterocycles. The van der Waals surface area contributed by atoms with Crippen molar-refractivity contribution in [2.45, 2.75) is 44.7 Å². The molecule has 0 radical (unpaired) electrons. The minimum Gasteiger partial charge on any atom is -0.492 e. The first-order valence-corrected chi connectivity index (χ1v) is 9.22. The van der Waals surface area contributed by atoms with Crippen LogP contribution in [-0.4, -0.2) is 43.2 Å². The molecule has 5 nitrogen and oxygen atoms in total. The Hall–Kier alpha value is -1.46. The van der Waals surface area contributed by atoms with Crippen LogP contribution in [0.3, 0.4) is 0 Å². The molecular weight excluding hydrogens is 326 g/mol. The lowest BCUT2D eigenvalue weighted by Crippen LogP contribution is -2.47. The molecule has 24 heavy (non-hydrogen) atoms. The van der Waals surface area contributed by atoms with Crippen LogP contribution in [0.5, 0.6) is 5.75 Å². The first-order valence-electron chi connectivity index (χ1n) is 8.85. The number of nitrogens with one attached hydrogen (secondary N) is 2. The zero-order chi connectivity index (χ0) is 16.9. The number of carbonyl (C=O) groups excluding carboxylic acids is 1. The van der Waals surface area contributed by atoms with E-state index in [1.165, 1.54) is 19.3 Å². The lowest BCUT2D eigenvalue weighted by molar-refractivity contribution is 0.169. The van der Waals surface area contributed by atoms with E-state index < -0.39 is 0 Å². The number of rotatable bonds is 4. The van der Waals surface area contributed by atoms with E-state index in [9.17, 15) is 4.79 Å². The van der Waals surface area contributed by atoms with Crippen LogP contribution in [0.2, 0.25) is 5.02 Å². The molecule has 2 atom stereocenters. The van der Waals surface area contributed by atoms with Crippen molar-refractivity contribution in [3.05, 3.63) is 28.8 Å². The van der Waals surface area contributed by atoms with E-state index in [2.05, 4.69) is 22.5 Å². The summed E-state index contributed by atoms with van der Waals surface area (Å²) in [5.74, 6) is 0.692. The van der Waals surface area contributed by atoms with E-state index in [1.807, 2.05) is 18.2 Å². The van der Waals surface area contributed by atoms with Gasteiger partial charge < -0.3 is 15.4 Å². The predicted molar refractivity (Wildman–Crippen MR) is 95.7 cm³/mol. The number of halogens is 1. The lowest BCUT2D eigenvalue weighted by atomic mass is 10.0. The third-order valence-electron chi connectivity index (χ3n) is 4.90. The first kappa shape index (κ1) is 17.4. The number of para-hydroxylation sites is 1. The van der Waals surface area contributed by atoms with Crippen LogP contribution in [0.15, 0.2) is 18.2 Å². The van der Waals surface area contributed by atoms with Gasteiger partial charge in [0, 0.05) is 24.6 Å². The van der Waals surface area contributed by atoms with Gasteiger partial charge in [-0.1, -0.05) is 30.2 Å². The quantitative estimate of drug-likeness (QED) is 0.874. The van der Waals surface area contributed by atoms with Gasteiger partial charge in [-0.25, -0.2) is 4.79 Å². The molecule has 2 aliphatic rings. The second-order valence-electron chi connectivity index (χ2n) is 6.65. The van der Waals surface area contributed by atoms with Gasteiger partial charge >= 0.3 is 6.03 Å². The van der Waals surface area contributed by atoms with E-state index in [0.29, 0.717) is 30.0 Å². The van der Waals surface area contributed by atoms with Gasteiger partial charge in [0.25, 0.3) is 0 Å². The summed E-state index contributed by atoms with van der Waals surface area (Å²) in [7, 11) is 0. The number of likely N-dealkylation sites (tertiary alicyclic amines) is 1. The van der Waals surface area contributed by atoms with E-state index in [-0.39, 0.29) is 12.1 Å². The van der Waals surface area contributed by atoms with Crippen molar-refractivity contribution in [2.75, 3.05) is 26.2 Å². The molecule has 3 rings (SSSR count). The number of hydrogen-bond acceptors (Lipinski definition) is 3. The summed E-state index contributed by atoms with van der Waals surface area (Å²) in [6, 6.07) is 5.84. The monoisotopic (exact) mass is 351 g/mol. The molecule has 0 unspecified atom stereocenters. The maximum Gasteiger partial charge on any atom is 0.315 e. The average Bonchev–Trinajstić information content (AvgIpc) is 2.61. The Morgan fingerprint density at radius 3 is 2.96 bits per heavy atom. The molecule has 0 aromatic heterocycles. The first-order chi connectivity index (χ1) is 11.6. The fraction of sp³-hybridized carbons (Fsp3) is 0.611. The molecule has 1 aromatic carbocycles. The molecule has 6 heteroatoms. The summed E-state index contributed by atoms with van der Waals surface area (Å²) < 4.78 is 5.63. The van der Waals surface area contributed by atoms with Crippen LogP contribution in [-0.2, 0) is 0 Å². The minimum atomic E-state index is -0.128. The number of piperidine rings is 1. The average molecular weight is 352 g/mol. The highest BCUT2D eigenvalue weighted by Gasteiger charge is 2.25. The third-order valence-corrected chi connectivity index (χ3v) is 5.20. The molecule has 2 amide bonds. The number of carbonyl (C=O) groups is 1. The zero-order valence-corrected chi connectivity index (χ0v) is 14.9. The summed E-state index contributed by atoms with van der Waals surface area (Å²) in [6.07, 6.45) is 4.59. The van der Waals surface area contributed by atoms with Gasteiger partial charge in [-0.15, -0.1) is 0 Å². The third kappa shape index (κ3) is 4.14. The second-order valence-corrected chi connectivity index (χ2v) is 7.06. The van der Waals surface area contributed by atoms with Gasteiger partial charge in [-0.05, 0) is 38.9 Å². The number of benzene rings is 1. The van der Waals surface area contributed by atoms with Crippen molar-refractivity contribution in [3.8, 4) is 5.75 Å². The SMILES string of the molecule is C[C@H](CNC(=O)N[C@H]1CCOc2c(Cl)cccc21)N1CCCCC1. The van der Waals surface area contributed by atoms with Crippen LogP contribution in [0.4, 0.5) is 4.79 Å². The number of hydrogen-bond donors (Lipinski definition) is 2. The Kier molecular flexibility index (Phi) is 5.85. The smallest absolute Gasteiger partial charge is 0.315 e. The van der Waals surface area contributed by atoms with Crippen molar-refractivity contribution in [2.24, 2.45) is 0 Å². The van der Waals surface area contributed by atoms with Crippen molar-refractivity contribution in [3.63, 3.8) is 0 Å². The van der Waals surface area contributed by atoms with Gasteiger partial charge in [-0.3, -0.25) is 4.90 Å². The predicted octanol–water partition coefficient (Wildman–Crippen LogP) is 3.34. The van der Waals surface area contributed by atoms with Crippen LogP contribution in [0.25, 0.3) is 0 Å². The molecule has 0 saturated carbocycles. The maximum atomic E-state index is 12.3. The molecule has 0 aliphatic carbocycles. The molecule has 1 fully saturated rings. The van der Waals surface area contributed by atoms with E-state index in [4.69, 9.17) is 16.3 Å². The molecule has 0 bridgehead atoms. The summed E-state index contributed by atoms with van der Waals surface area (Å²) >= 11 is 6.17. The topological polar surface area (TPSA) is 53.6 Å². The van der Waals surface area contributed by atoms with Crippen molar-refractivity contribution < 1.29 is 9.53 Å². The summed E-state index contributed by atoms with van der Waals surface area (Å²) in [6.45, 7) is 5.67. The van der Waals surface area contributed by atoms with Crippen LogP contribution in [0.1, 0.15) is 44.2 Å². The summed E-state index contributed by atoms with van der Waals surface area (Å²) in [5.41, 5.74) is 0.952. The van der Waals surface area contributed by atoms with Gasteiger partial charge in [0.15, 0.2) is 0 Å². The zero-order valence-electron chi connectivity index (χ0n) is 14.2. The molecule has 1 aromatic rings. The lowest BCUT2D eigenvalue weighted by Gasteiger charge is -2.32. The van der Waals surface area contributed by atoms with Gasteiger partial charge in [0.05, 0.1) is 17.7 Å². The Morgan fingerprint density at radius 2 is 2.17 bits per heavy atom. The number of ether oxygens (including phenoxy) is 1. The number of amides is 2. The Morgan fingerprint density at radius 1 is 1.38 bits per heavy atom. The van der Waals surface area contributed by atoms with Crippen LogP contribution in [0, 0.1) is 0 Å². The van der Waals surface area contributed by atoms with Crippen molar-refractivity contribution in [1.82, 2.24) is 15.5 Å². The summed E-state index contributed by atoms with van der Waals surface area (Å²) in [5, 5.41) is 6.66. The van der Waals surface area contributed by atoms with E-state index >= 15 is 0 Å². The van der Waals surface area contributed by atoms with E-state index in [1.54, 1.807) is 0 Å². The maximum absolute atomic E-state index is 12.3. The number of urea groups is 1. The van der Waals surface area contributed by atoms with Crippen molar-refractivity contribution in [1.29, 1.82) is 0 Å². The van der Waals surface area contributed by atoms with Gasteiger partial charge in [0.2, 0.25) is 0 Å². The fourth-order valence-electron chi connectivity index (χ4n) is 3.47. The second kappa shape index (κ2) is 8.08. The Labute approximate surface area is 148 Å². The minimum absolute atomic E-state index is 0.0576. The highest BCUT2D eigenvalue weighted by atomic mass is 35.5. The molecule has 0 spiro atoms. The van der Waals surface area contributed by atoms with E-state index in [0.717, 1.165) is 25.1 Å². The highest BCUT2D eigenvalue weighted by molar-refractivity contribution is 6.32. The van der Waals surface area contributed by atoms with Gasteiger partial charge in [-0.2, -0.15) is 0 Å². The van der Waals surface area contributed by atoms with Crippen LogP contribution < -0.4 is 15.4 Å². The Balaban J connectivity index is 1.51. The highest BCUT2D eigenvalue weighted by Crippen LogP contribution is 2.37. The number of fused-ring (bicyclic) bond motifs is 1.